The Bertz CT molecular complexity index is 1210. The summed E-state index contributed by atoms with van der Waals surface area (Å²) in [5, 5.41) is 15.6. The summed E-state index contributed by atoms with van der Waals surface area (Å²) >= 11 is 7.24. The smallest absolute Gasteiger partial charge is 0.339 e. The molecule has 0 radical (unpaired) electrons. The number of benzene rings is 2. The Balaban J connectivity index is 1.67. The Kier molecular flexibility index (Phi) is 7.46. The molecule has 33 heavy (non-hydrogen) atoms. The molecule has 1 N–H and O–H groups in total. The van der Waals surface area contributed by atoms with E-state index in [-0.39, 0.29) is 32.9 Å². The first-order chi connectivity index (χ1) is 15.7. The predicted octanol–water partition coefficient (Wildman–Crippen LogP) is 4.57. The number of methoxy groups -OCH3 is 2. The number of nitrogens with one attached hydrogen (secondary N) is 1. The largest absolute Gasteiger partial charge is 0.493 e. The van der Waals surface area contributed by atoms with Crippen LogP contribution in [0.3, 0.4) is 0 Å². The number of nitrogens with zero attached hydrogens (tertiary/aromatic N) is 2. The molecule has 0 fully saturated rings. The molecule has 0 bridgehead atoms. The predicted molar refractivity (Wildman–Crippen MR) is 122 cm³/mol. The average molecular weight is 492 g/mol. The van der Waals surface area contributed by atoms with Crippen molar-refractivity contribution in [2.75, 3.05) is 19.5 Å². The van der Waals surface area contributed by atoms with E-state index in [0.717, 1.165) is 11.3 Å². The number of amides is 1. The van der Waals surface area contributed by atoms with Gasteiger partial charge in [0.05, 0.1) is 35.4 Å². The van der Waals surface area contributed by atoms with Gasteiger partial charge in [-0.1, -0.05) is 23.7 Å². The number of carbonyl (C=O) groups is 2. The highest BCUT2D eigenvalue weighted by atomic mass is 35.5. The summed E-state index contributed by atoms with van der Waals surface area (Å²) in [6, 6.07) is 8.73. The normalized spacial score (nSPS) is 11.4. The standard InChI is InChI=1S/C21H18ClN3O7S/c1-11(32-20(27)13-8-15(22)18(31-3)17(9-13)30-2)19(26)24-21-23-16(10-33-21)12-5-4-6-14(7-12)25(28)29/h4-11H,1-3H3,(H,23,24,26). The van der Waals surface area contributed by atoms with Gasteiger partial charge in [-0.15, -0.1) is 11.3 Å². The van der Waals surface area contributed by atoms with E-state index >= 15 is 0 Å². The van der Waals surface area contributed by atoms with Gasteiger partial charge in [0.2, 0.25) is 0 Å². The minimum atomic E-state index is -1.14. The molecule has 0 aliphatic carbocycles. The second-order valence-corrected chi connectivity index (χ2v) is 7.84. The first kappa shape index (κ1) is 24.0. The summed E-state index contributed by atoms with van der Waals surface area (Å²) in [6.07, 6.45) is -1.14. The van der Waals surface area contributed by atoms with E-state index in [0.29, 0.717) is 11.3 Å². The number of esters is 1. The Morgan fingerprint density at radius 3 is 2.64 bits per heavy atom. The molecule has 1 heterocycles. The number of carbonyl (C=O) groups excluding carboxylic acids is 2. The van der Waals surface area contributed by atoms with Gasteiger partial charge in [0.1, 0.15) is 0 Å². The number of anilines is 1. The molecule has 2 aromatic carbocycles. The number of thiazole rings is 1. The molecule has 0 saturated carbocycles. The lowest BCUT2D eigenvalue weighted by molar-refractivity contribution is -0.384. The van der Waals surface area contributed by atoms with Crippen molar-refractivity contribution in [1.29, 1.82) is 0 Å². The quantitative estimate of drug-likeness (QED) is 0.275. The maximum Gasteiger partial charge on any atom is 0.339 e. The fraction of sp³-hybridized carbons (Fsp3) is 0.190. The van der Waals surface area contributed by atoms with Crippen molar-refractivity contribution >= 4 is 45.6 Å². The van der Waals surface area contributed by atoms with Crippen LogP contribution in [0.4, 0.5) is 10.8 Å². The van der Waals surface area contributed by atoms with Gasteiger partial charge in [-0.25, -0.2) is 9.78 Å². The van der Waals surface area contributed by atoms with E-state index in [1.54, 1.807) is 17.5 Å². The SMILES string of the molecule is COc1cc(C(=O)OC(C)C(=O)Nc2nc(-c3cccc([N+](=O)[O-])c3)cs2)cc(Cl)c1OC. The maximum absolute atomic E-state index is 12.5. The highest BCUT2D eigenvalue weighted by Crippen LogP contribution is 2.36. The van der Waals surface area contributed by atoms with Crippen LogP contribution in [0, 0.1) is 10.1 Å². The van der Waals surface area contributed by atoms with Crippen LogP contribution in [0.5, 0.6) is 11.5 Å². The highest BCUT2D eigenvalue weighted by Gasteiger charge is 2.22. The maximum atomic E-state index is 12.5. The summed E-state index contributed by atoms with van der Waals surface area (Å²) in [4.78, 5) is 39.7. The number of aromatic nitrogens is 1. The van der Waals surface area contributed by atoms with Crippen LogP contribution in [-0.4, -0.2) is 42.1 Å². The molecule has 0 aliphatic rings. The molecule has 0 saturated heterocycles. The van der Waals surface area contributed by atoms with Crippen LogP contribution in [0.1, 0.15) is 17.3 Å². The first-order valence-electron chi connectivity index (χ1n) is 9.37. The third-order valence-electron chi connectivity index (χ3n) is 4.41. The second kappa shape index (κ2) is 10.3. The average Bonchev–Trinajstić information content (AvgIpc) is 3.26. The minimum Gasteiger partial charge on any atom is -0.493 e. The molecule has 10 nitrogen and oxygen atoms in total. The van der Waals surface area contributed by atoms with Gasteiger partial charge in [-0.05, 0) is 19.1 Å². The lowest BCUT2D eigenvalue weighted by atomic mass is 10.1. The third kappa shape index (κ3) is 5.57. The Morgan fingerprint density at radius 1 is 1.21 bits per heavy atom. The van der Waals surface area contributed by atoms with Crippen LogP contribution >= 0.6 is 22.9 Å². The van der Waals surface area contributed by atoms with Gasteiger partial charge in [0, 0.05) is 23.1 Å². The summed E-state index contributed by atoms with van der Waals surface area (Å²) in [7, 11) is 2.81. The van der Waals surface area contributed by atoms with Crippen molar-refractivity contribution < 1.29 is 28.7 Å². The minimum absolute atomic E-state index is 0.0677. The van der Waals surface area contributed by atoms with E-state index in [1.807, 2.05) is 0 Å². The molecule has 0 aliphatic heterocycles. The summed E-state index contributed by atoms with van der Waals surface area (Å²) in [5.41, 5.74) is 1.01. The first-order valence-corrected chi connectivity index (χ1v) is 10.6. The number of non-ortho nitro benzene ring substituents is 1. The number of hydrogen-bond donors (Lipinski definition) is 1. The number of halogens is 1. The van der Waals surface area contributed by atoms with Crippen LogP contribution in [0.2, 0.25) is 5.02 Å². The van der Waals surface area contributed by atoms with Gasteiger partial charge in [-0.3, -0.25) is 20.2 Å². The summed E-state index contributed by atoms with van der Waals surface area (Å²) in [5.74, 6) is -0.873. The van der Waals surface area contributed by atoms with Gasteiger partial charge in [-0.2, -0.15) is 0 Å². The topological polar surface area (TPSA) is 130 Å². The fourth-order valence-corrected chi connectivity index (χ4v) is 3.78. The fourth-order valence-electron chi connectivity index (χ4n) is 2.77. The van der Waals surface area contributed by atoms with Crippen LogP contribution in [-0.2, 0) is 9.53 Å². The van der Waals surface area contributed by atoms with Gasteiger partial charge in [0.25, 0.3) is 11.6 Å². The van der Waals surface area contributed by atoms with Crippen LogP contribution < -0.4 is 14.8 Å². The zero-order valence-corrected chi connectivity index (χ0v) is 19.2. The van der Waals surface area contributed by atoms with Crippen LogP contribution in [0.15, 0.2) is 41.8 Å². The van der Waals surface area contributed by atoms with Crippen LogP contribution in [0.25, 0.3) is 11.3 Å². The lowest BCUT2D eigenvalue weighted by Crippen LogP contribution is -2.30. The van der Waals surface area contributed by atoms with Gasteiger partial charge in [0.15, 0.2) is 22.7 Å². The molecule has 0 spiro atoms. The third-order valence-corrected chi connectivity index (χ3v) is 5.45. The molecular weight excluding hydrogens is 474 g/mol. The molecule has 12 heteroatoms. The van der Waals surface area contributed by atoms with E-state index in [4.69, 9.17) is 25.8 Å². The van der Waals surface area contributed by atoms with Crippen molar-refractivity contribution in [3.63, 3.8) is 0 Å². The molecule has 172 valence electrons. The zero-order chi connectivity index (χ0) is 24.1. The molecular formula is C21H18ClN3O7S. The molecule has 1 atom stereocenters. The number of rotatable bonds is 8. The molecule has 1 aromatic heterocycles. The second-order valence-electron chi connectivity index (χ2n) is 6.58. The highest BCUT2D eigenvalue weighted by molar-refractivity contribution is 7.14. The monoisotopic (exact) mass is 491 g/mol. The Hall–Kier alpha value is -3.70. The number of hydrogen-bond acceptors (Lipinski definition) is 9. The number of nitro groups is 1. The van der Waals surface area contributed by atoms with Crippen molar-refractivity contribution in [3.05, 3.63) is 62.5 Å². The van der Waals surface area contributed by atoms with Gasteiger partial charge < -0.3 is 14.2 Å². The number of ether oxygens (including phenoxy) is 3. The zero-order valence-electron chi connectivity index (χ0n) is 17.7. The van der Waals surface area contributed by atoms with E-state index < -0.39 is 22.9 Å². The number of nitro benzene ring substituents is 1. The van der Waals surface area contributed by atoms with Crippen molar-refractivity contribution in [2.45, 2.75) is 13.0 Å². The Morgan fingerprint density at radius 2 is 1.97 bits per heavy atom. The van der Waals surface area contributed by atoms with Crippen molar-refractivity contribution in [2.24, 2.45) is 0 Å². The summed E-state index contributed by atoms with van der Waals surface area (Å²) in [6.45, 7) is 1.41. The van der Waals surface area contributed by atoms with Gasteiger partial charge >= 0.3 is 5.97 Å². The molecule has 1 amide bonds. The van der Waals surface area contributed by atoms with Crippen molar-refractivity contribution in [3.8, 4) is 22.8 Å². The van der Waals surface area contributed by atoms with E-state index in [1.165, 1.54) is 45.4 Å². The van der Waals surface area contributed by atoms with Crippen molar-refractivity contribution in [1.82, 2.24) is 4.98 Å². The molecule has 3 aromatic rings. The molecule has 3 rings (SSSR count). The summed E-state index contributed by atoms with van der Waals surface area (Å²) < 4.78 is 15.5. The lowest BCUT2D eigenvalue weighted by Gasteiger charge is -2.14. The van der Waals surface area contributed by atoms with E-state index in [2.05, 4.69) is 10.3 Å². The van der Waals surface area contributed by atoms with E-state index in [9.17, 15) is 19.7 Å². The Labute approximate surface area is 197 Å². The molecule has 1 unspecified atom stereocenters.